The summed E-state index contributed by atoms with van der Waals surface area (Å²) in [5.74, 6) is 0.00634. The van der Waals surface area contributed by atoms with Crippen LogP contribution in [0.5, 0.6) is 5.75 Å². The van der Waals surface area contributed by atoms with Crippen LogP contribution in [0, 0.1) is 5.82 Å². The average Bonchev–Trinajstić information content (AvgIpc) is 2.81. The highest BCUT2D eigenvalue weighted by Crippen LogP contribution is 2.16. The van der Waals surface area contributed by atoms with Crippen molar-refractivity contribution < 1.29 is 14.2 Å². The molecular formula is C12H13FN2O2. The molecule has 0 unspecified atom stereocenters. The molecule has 0 spiro atoms. The number of hydrogen-bond donors (Lipinski definition) is 1. The van der Waals surface area contributed by atoms with Crippen LogP contribution in [-0.4, -0.2) is 21.5 Å². The van der Waals surface area contributed by atoms with Gasteiger partial charge in [0.1, 0.15) is 18.2 Å². The highest BCUT2D eigenvalue weighted by atomic mass is 19.1. The molecule has 17 heavy (non-hydrogen) atoms. The summed E-state index contributed by atoms with van der Waals surface area (Å²) in [7, 11) is 0. The van der Waals surface area contributed by atoms with Crippen LogP contribution in [0.15, 0.2) is 36.7 Å². The van der Waals surface area contributed by atoms with E-state index >= 15 is 0 Å². The molecular weight excluding hydrogens is 223 g/mol. The third kappa shape index (κ3) is 3.29. The van der Waals surface area contributed by atoms with Crippen LogP contribution >= 0.6 is 0 Å². The largest absolute Gasteiger partial charge is 0.492 e. The van der Waals surface area contributed by atoms with Gasteiger partial charge in [-0.25, -0.2) is 4.39 Å². The van der Waals surface area contributed by atoms with Gasteiger partial charge in [-0.1, -0.05) is 0 Å². The average molecular weight is 236 g/mol. The third-order valence-corrected chi connectivity index (χ3v) is 2.26. The smallest absolute Gasteiger partial charge is 0.127 e. The summed E-state index contributed by atoms with van der Waals surface area (Å²) in [6.45, 7) is 0.793. The molecule has 0 bridgehead atoms. The number of halogens is 1. The minimum Gasteiger partial charge on any atom is -0.492 e. The van der Waals surface area contributed by atoms with E-state index in [0.717, 1.165) is 0 Å². The summed E-state index contributed by atoms with van der Waals surface area (Å²) in [4.78, 5) is 0. The highest BCUT2D eigenvalue weighted by molar-refractivity contribution is 5.29. The lowest BCUT2D eigenvalue weighted by atomic mass is 10.2. The SMILES string of the molecule is OCc1cc(F)cc(OCCn2cccn2)c1. The maximum absolute atomic E-state index is 13.1. The van der Waals surface area contributed by atoms with Crippen molar-refractivity contribution in [1.82, 2.24) is 9.78 Å². The Labute approximate surface area is 98.3 Å². The molecule has 2 rings (SSSR count). The Balaban J connectivity index is 1.92. The van der Waals surface area contributed by atoms with Crippen LogP contribution in [0.25, 0.3) is 0 Å². The second-order valence-corrected chi connectivity index (χ2v) is 3.57. The molecule has 0 fully saturated rings. The number of aromatic nitrogens is 2. The molecule has 2 aromatic rings. The first-order valence-corrected chi connectivity index (χ1v) is 5.28. The Kier molecular flexibility index (Phi) is 3.72. The zero-order valence-corrected chi connectivity index (χ0v) is 9.21. The van der Waals surface area contributed by atoms with E-state index in [1.165, 1.54) is 12.1 Å². The molecule has 0 saturated heterocycles. The molecule has 0 radical (unpaired) electrons. The second kappa shape index (κ2) is 5.45. The molecule has 0 aliphatic heterocycles. The van der Waals surface area contributed by atoms with Crippen LogP contribution in [0.3, 0.4) is 0 Å². The van der Waals surface area contributed by atoms with Crippen LogP contribution in [0.1, 0.15) is 5.56 Å². The van der Waals surface area contributed by atoms with E-state index in [1.807, 2.05) is 12.3 Å². The number of ether oxygens (including phenoxy) is 1. The minimum absolute atomic E-state index is 0.201. The number of nitrogens with zero attached hydrogens (tertiary/aromatic N) is 2. The van der Waals surface area contributed by atoms with Crippen molar-refractivity contribution in [2.75, 3.05) is 6.61 Å². The van der Waals surface area contributed by atoms with E-state index in [4.69, 9.17) is 9.84 Å². The van der Waals surface area contributed by atoms with Crippen LogP contribution in [-0.2, 0) is 13.2 Å². The van der Waals surface area contributed by atoms with Crippen molar-refractivity contribution in [3.8, 4) is 5.75 Å². The molecule has 1 heterocycles. The third-order valence-electron chi connectivity index (χ3n) is 2.26. The van der Waals surface area contributed by atoms with Gasteiger partial charge in [-0.3, -0.25) is 4.68 Å². The summed E-state index contributed by atoms with van der Waals surface area (Å²) < 4.78 is 20.2. The molecule has 0 atom stereocenters. The topological polar surface area (TPSA) is 47.3 Å². The fraction of sp³-hybridized carbons (Fsp3) is 0.250. The second-order valence-electron chi connectivity index (χ2n) is 3.57. The van der Waals surface area contributed by atoms with Gasteiger partial charge < -0.3 is 9.84 Å². The first-order valence-electron chi connectivity index (χ1n) is 5.28. The molecule has 1 aromatic carbocycles. The predicted octanol–water partition coefficient (Wildman–Crippen LogP) is 1.59. The lowest BCUT2D eigenvalue weighted by Crippen LogP contribution is -2.08. The van der Waals surface area contributed by atoms with Gasteiger partial charge in [0.05, 0.1) is 13.2 Å². The normalized spacial score (nSPS) is 10.5. The van der Waals surface area contributed by atoms with E-state index in [0.29, 0.717) is 24.5 Å². The van der Waals surface area contributed by atoms with Gasteiger partial charge >= 0.3 is 0 Å². The number of rotatable bonds is 5. The Morgan fingerprint density at radius 1 is 1.35 bits per heavy atom. The quantitative estimate of drug-likeness (QED) is 0.857. The summed E-state index contributed by atoms with van der Waals surface area (Å²) in [6, 6.07) is 6.01. The van der Waals surface area contributed by atoms with Crippen molar-refractivity contribution >= 4 is 0 Å². The van der Waals surface area contributed by atoms with Crippen LogP contribution < -0.4 is 4.74 Å². The lowest BCUT2D eigenvalue weighted by molar-refractivity contribution is 0.274. The fourth-order valence-electron chi connectivity index (χ4n) is 1.49. The van der Waals surface area contributed by atoms with Gasteiger partial charge in [0.2, 0.25) is 0 Å². The lowest BCUT2D eigenvalue weighted by Gasteiger charge is -2.07. The van der Waals surface area contributed by atoms with Gasteiger partial charge in [-0.2, -0.15) is 5.10 Å². The zero-order valence-electron chi connectivity index (χ0n) is 9.21. The Hall–Kier alpha value is -1.88. The van der Waals surface area contributed by atoms with Gasteiger partial charge in [0, 0.05) is 18.5 Å². The monoisotopic (exact) mass is 236 g/mol. The van der Waals surface area contributed by atoms with E-state index in [2.05, 4.69) is 5.10 Å². The maximum Gasteiger partial charge on any atom is 0.127 e. The molecule has 0 aliphatic rings. The van der Waals surface area contributed by atoms with Crippen molar-refractivity contribution in [2.45, 2.75) is 13.2 Å². The highest BCUT2D eigenvalue weighted by Gasteiger charge is 2.01. The summed E-state index contributed by atoms with van der Waals surface area (Å²) >= 11 is 0. The van der Waals surface area contributed by atoms with E-state index < -0.39 is 5.82 Å². The predicted molar refractivity (Wildman–Crippen MR) is 60.0 cm³/mol. The van der Waals surface area contributed by atoms with E-state index in [-0.39, 0.29) is 6.61 Å². The van der Waals surface area contributed by atoms with Crippen LogP contribution in [0.4, 0.5) is 4.39 Å². The summed E-state index contributed by atoms with van der Waals surface area (Å²) in [5, 5.41) is 12.9. The van der Waals surface area contributed by atoms with Crippen molar-refractivity contribution in [3.05, 3.63) is 48.0 Å². The first-order chi connectivity index (χ1) is 8.28. The molecule has 1 aromatic heterocycles. The molecule has 4 nitrogen and oxygen atoms in total. The molecule has 1 N–H and O–H groups in total. The summed E-state index contributed by atoms with van der Waals surface area (Å²) in [6.07, 6.45) is 3.51. The minimum atomic E-state index is -0.411. The van der Waals surface area contributed by atoms with Gasteiger partial charge in [0.25, 0.3) is 0 Å². The Morgan fingerprint density at radius 3 is 2.94 bits per heavy atom. The Morgan fingerprint density at radius 2 is 2.24 bits per heavy atom. The molecule has 0 amide bonds. The molecule has 90 valence electrons. The number of benzene rings is 1. The van der Waals surface area contributed by atoms with E-state index in [1.54, 1.807) is 16.9 Å². The zero-order chi connectivity index (χ0) is 12.1. The molecule has 5 heteroatoms. The fourth-order valence-corrected chi connectivity index (χ4v) is 1.49. The Bertz CT molecular complexity index is 471. The number of hydrogen-bond acceptors (Lipinski definition) is 3. The van der Waals surface area contributed by atoms with Crippen molar-refractivity contribution in [3.63, 3.8) is 0 Å². The van der Waals surface area contributed by atoms with E-state index in [9.17, 15) is 4.39 Å². The van der Waals surface area contributed by atoms with Gasteiger partial charge in [-0.15, -0.1) is 0 Å². The maximum atomic E-state index is 13.1. The molecule has 0 aliphatic carbocycles. The van der Waals surface area contributed by atoms with Gasteiger partial charge in [-0.05, 0) is 23.8 Å². The number of aliphatic hydroxyl groups excluding tert-OH is 1. The summed E-state index contributed by atoms with van der Waals surface area (Å²) in [5.41, 5.74) is 0.499. The van der Waals surface area contributed by atoms with Crippen LogP contribution in [0.2, 0.25) is 0 Å². The first kappa shape index (κ1) is 11.6. The molecule has 0 saturated carbocycles. The number of aliphatic hydroxyl groups is 1. The van der Waals surface area contributed by atoms with Crippen molar-refractivity contribution in [2.24, 2.45) is 0 Å². The van der Waals surface area contributed by atoms with Crippen molar-refractivity contribution in [1.29, 1.82) is 0 Å². The van der Waals surface area contributed by atoms with Gasteiger partial charge in [0.15, 0.2) is 0 Å². The standard InChI is InChI=1S/C12H13FN2O2/c13-11-6-10(9-16)7-12(8-11)17-5-4-15-3-1-2-14-15/h1-3,6-8,16H,4-5,9H2.